The molecule has 2 heterocycles. The second-order valence-corrected chi connectivity index (χ2v) is 6.52. The van der Waals surface area contributed by atoms with Crippen molar-refractivity contribution in [3.8, 4) is 0 Å². The summed E-state index contributed by atoms with van der Waals surface area (Å²) >= 11 is 0. The number of benzene rings is 1. The molecule has 0 saturated carbocycles. The molecule has 144 valence electrons. The number of hydrogen-bond donors (Lipinski definition) is 2. The number of aromatic carboxylic acids is 1. The molecule has 2 N–H and O–H groups in total. The van der Waals surface area contributed by atoms with Crippen LogP contribution in [-0.4, -0.2) is 55.1 Å². The normalized spacial score (nSPS) is 19.2. The first-order chi connectivity index (χ1) is 12.8. The summed E-state index contributed by atoms with van der Waals surface area (Å²) in [5.41, 5.74) is 0.702. The van der Waals surface area contributed by atoms with Gasteiger partial charge in [-0.3, -0.25) is 0 Å². The van der Waals surface area contributed by atoms with Crippen LogP contribution < -0.4 is 10.2 Å². The van der Waals surface area contributed by atoms with Crippen LogP contribution in [0.5, 0.6) is 0 Å². The number of ether oxygens (including phenoxy) is 3. The molecule has 0 bridgehead atoms. The number of rotatable bonds is 4. The first kappa shape index (κ1) is 18.7. The van der Waals surface area contributed by atoms with E-state index in [0.29, 0.717) is 26.3 Å². The van der Waals surface area contributed by atoms with Gasteiger partial charge in [-0.15, -0.1) is 0 Å². The smallest absolute Gasteiger partial charge is 0.350 e. The maximum atomic E-state index is 12.0. The van der Waals surface area contributed by atoms with E-state index in [1.807, 2.05) is 0 Å². The Morgan fingerprint density at radius 2 is 1.81 bits per heavy atom. The summed E-state index contributed by atoms with van der Waals surface area (Å²) < 4.78 is 15.3. The van der Waals surface area contributed by atoms with Crippen LogP contribution in [0.4, 0.5) is 11.4 Å². The van der Waals surface area contributed by atoms with Crippen LogP contribution in [-0.2, 0) is 23.8 Å². The summed E-state index contributed by atoms with van der Waals surface area (Å²) in [5, 5.41) is 12.1. The van der Waals surface area contributed by atoms with Crippen LogP contribution in [0.25, 0.3) is 0 Å². The van der Waals surface area contributed by atoms with Gasteiger partial charge in [-0.2, -0.15) is 0 Å². The Balaban J connectivity index is 1.87. The van der Waals surface area contributed by atoms with E-state index in [1.54, 1.807) is 12.1 Å². The molecular weight excluding hydrogens is 356 g/mol. The molecule has 0 spiro atoms. The number of carbonyl (C=O) groups is 3. The van der Waals surface area contributed by atoms with Gasteiger partial charge in [-0.1, -0.05) is 0 Å². The van der Waals surface area contributed by atoms with Crippen molar-refractivity contribution in [1.29, 1.82) is 0 Å². The fourth-order valence-electron chi connectivity index (χ4n) is 2.78. The molecule has 3 rings (SSSR count). The van der Waals surface area contributed by atoms with Crippen molar-refractivity contribution in [2.75, 3.05) is 36.5 Å². The van der Waals surface area contributed by atoms with Gasteiger partial charge < -0.3 is 29.5 Å². The summed E-state index contributed by atoms with van der Waals surface area (Å²) in [6.45, 7) is 5.42. The number of carbonyl (C=O) groups excluding carboxylic acids is 2. The van der Waals surface area contributed by atoms with E-state index in [2.05, 4.69) is 10.2 Å². The van der Waals surface area contributed by atoms with E-state index < -0.39 is 23.7 Å². The Morgan fingerprint density at radius 3 is 2.41 bits per heavy atom. The van der Waals surface area contributed by atoms with E-state index in [4.69, 9.17) is 14.2 Å². The Bertz CT molecular complexity index is 788. The maximum absolute atomic E-state index is 12.0. The van der Waals surface area contributed by atoms with Gasteiger partial charge in [0.15, 0.2) is 5.57 Å². The lowest BCUT2D eigenvalue weighted by Crippen LogP contribution is -2.42. The van der Waals surface area contributed by atoms with Gasteiger partial charge >= 0.3 is 17.9 Å². The fourth-order valence-corrected chi connectivity index (χ4v) is 2.78. The molecular formula is C18H20N2O7. The molecule has 9 heteroatoms. The zero-order chi connectivity index (χ0) is 19.6. The minimum atomic E-state index is -1.34. The molecule has 0 amide bonds. The summed E-state index contributed by atoms with van der Waals surface area (Å²) in [4.78, 5) is 37.6. The fraction of sp³-hybridized carbons (Fsp3) is 0.389. The Hall–Kier alpha value is -3.07. The zero-order valence-electron chi connectivity index (χ0n) is 15.0. The van der Waals surface area contributed by atoms with Gasteiger partial charge in [-0.05, 0) is 18.2 Å². The van der Waals surface area contributed by atoms with Crippen LogP contribution in [0.15, 0.2) is 30.0 Å². The van der Waals surface area contributed by atoms with Crippen molar-refractivity contribution in [2.45, 2.75) is 19.6 Å². The molecule has 0 aliphatic carbocycles. The van der Waals surface area contributed by atoms with Crippen molar-refractivity contribution in [3.63, 3.8) is 0 Å². The molecule has 1 aromatic rings. The molecule has 2 saturated heterocycles. The number of nitrogens with zero attached hydrogens (tertiary/aromatic N) is 1. The topological polar surface area (TPSA) is 114 Å². The molecule has 9 nitrogen and oxygen atoms in total. The summed E-state index contributed by atoms with van der Waals surface area (Å²) in [7, 11) is 0. The Kier molecular flexibility index (Phi) is 5.04. The summed E-state index contributed by atoms with van der Waals surface area (Å²) in [6, 6.07) is 4.82. The standard InChI is InChI=1S/C18H20N2O7/c1-18(2)26-16(23)13(17(24)27-18)10-19-14-9-11(3-4-12(14)15(21)22)20-5-7-25-8-6-20/h3-4,9-10,19H,5-8H2,1-2H3,(H,21,22). The highest BCUT2D eigenvalue weighted by Crippen LogP contribution is 2.26. The third-order valence-electron chi connectivity index (χ3n) is 4.10. The lowest BCUT2D eigenvalue weighted by Gasteiger charge is -2.30. The maximum Gasteiger partial charge on any atom is 0.350 e. The van der Waals surface area contributed by atoms with Crippen molar-refractivity contribution < 1.29 is 33.7 Å². The molecule has 2 aliphatic rings. The predicted octanol–water partition coefficient (Wildman–Crippen LogP) is 1.35. The van der Waals surface area contributed by atoms with Gasteiger partial charge in [0.2, 0.25) is 0 Å². The molecule has 27 heavy (non-hydrogen) atoms. The Labute approximate surface area is 155 Å². The van der Waals surface area contributed by atoms with Crippen LogP contribution >= 0.6 is 0 Å². The highest BCUT2D eigenvalue weighted by molar-refractivity contribution is 6.15. The van der Waals surface area contributed by atoms with Gasteiger partial charge in [0, 0.05) is 38.8 Å². The Morgan fingerprint density at radius 1 is 1.19 bits per heavy atom. The zero-order valence-corrected chi connectivity index (χ0v) is 15.0. The number of anilines is 2. The second-order valence-electron chi connectivity index (χ2n) is 6.52. The van der Waals surface area contributed by atoms with E-state index in [-0.39, 0.29) is 16.8 Å². The van der Waals surface area contributed by atoms with Crippen molar-refractivity contribution in [1.82, 2.24) is 0 Å². The third-order valence-corrected chi connectivity index (χ3v) is 4.10. The van der Waals surface area contributed by atoms with Crippen LogP contribution in [0.1, 0.15) is 24.2 Å². The predicted molar refractivity (Wildman–Crippen MR) is 94.4 cm³/mol. The summed E-state index contributed by atoms with van der Waals surface area (Å²) in [6.07, 6.45) is 1.10. The number of carboxylic acids is 1. The first-order valence-electron chi connectivity index (χ1n) is 8.40. The van der Waals surface area contributed by atoms with Crippen LogP contribution in [0.2, 0.25) is 0 Å². The van der Waals surface area contributed by atoms with Crippen molar-refractivity contribution in [3.05, 3.63) is 35.5 Å². The van der Waals surface area contributed by atoms with Gasteiger partial charge in [0.1, 0.15) is 0 Å². The minimum Gasteiger partial charge on any atom is -0.478 e. The number of morpholine rings is 1. The van der Waals surface area contributed by atoms with Gasteiger partial charge in [-0.25, -0.2) is 14.4 Å². The van der Waals surface area contributed by atoms with Gasteiger partial charge in [0.25, 0.3) is 5.79 Å². The number of carboxylic acid groups (broad SMARTS) is 1. The van der Waals surface area contributed by atoms with E-state index in [9.17, 15) is 19.5 Å². The van der Waals surface area contributed by atoms with Crippen molar-refractivity contribution in [2.24, 2.45) is 0 Å². The lowest BCUT2D eigenvalue weighted by atomic mass is 10.1. The van der Waals surface area contributed by atoms with E-state index >= 15 is 0 Å². The molecule has 0 unspecified atom stereocenters. The van der Waals surface area contributed by atoms with Crippen LogP contribution in [0, 0.1) is 0 Å². The molecule has 2 aliphatic heterocycles. The quantitative estimate of drug-likeness (QED) is 0.456. The average molecular weight is 376 g/mol. The molecule has 1 aromatic carbocycles. The highest BCUT2D eigenvalue weighted by atomic mass is 16.7. The number of cyclic esters (lactones) is 2. The van der Waals surface area contributed by atoms with E-state index in [0.717, 1.165) is 11.9 Å². The number of esters is 2. The monoisotopic (exact) mass is 376 g/mol. The minimum absolute atomic E-state index is 0.00161. The van der Waals surface area contributed by atoms with Crippen LogP contribution in [0.3, 0.4) is 0 Å². The number of hydrogen-bond acceptors (Lipinski definition) is 8. The van der Waals surface area contributed by atoms with Crippen molar-refractivity contribution >= 4 is 29.3 Å². The molecule has 2 fully saturated rings. The number of nitrogens with one attached hydrogen (secondary N) is 1. The molecule has 0 aromatic heterocycles. The van der Waals surface area contributed by atoms with Gasteiger partial charge in [0.05, 0.1) is 24.5 Å². The first-order valence-corrected chi connectivity index (χ1v) is 8.40. The third kappa shape index (κ3) is 4.20. The van der Waals surface area contributed by atoms with E-state index in [1.165, 1.54) is 19.9 Å². The summed E-state index contributed by atoms with van der Waals surface area (Å²) in [5.74, 6) is -4.16. The second kappa shape index (κ2) is 7.28. The molecule has 0 radical (unpaired) electrons. The SMILES string of the molecule is CC1(C)OC(=O)C(=CNc2cc(N3CCOCC3)ccc2C(=O)O)C(=O)O1. The average Bonchev–Trinajstić information content (AvgIpc) is 2.60. The largest absolute Gasteiger partial charge is 0.478 e. The highest BCUT2D eigenvalue weighted by Gasteiger charge is 2.39. The molecule has 0 atom stereocenters. The lowest BCUT2D eigenvalue weighted by molar-refractivity contribution is -0.222.